The molecule has 0 fully saturated rings. The summed E-state index contributed by atoms with van der Waals surface area (Å²) in [7, 11) is -2.67. The highest BCUT2D eigenvalue weighted by atomic mass is 32.2. The van der Waals surface area contributed by atoms with Crippen LogP contribution < -0.4 is 4.52 Å². The molecule has 2 N–H and O–H groups in total. The molecule has 3 aromatic carbocycles. The van der Waals surface area contributed by atoms with Gasteiger partial charge in [-0.15, -0.1) is 0 Å². The minimum absolute atomic E-state index is 0.142. The summed E-state index contributed by atoms with van der Waals surface area (Å²) in [6, 6.07) is 9.43. The van der Waals surface area contributed by atoms with Gasteiger partial charge in [0, 0.05) is 32.0 Å². The molecular weight excluding hydrogens is 591 g/mol. The molecule has 0 saturated carbocycles. The van der Waals surface area contributed by atoms with E-state index in [2.05, 4.69) is 142 Å². The fraction of sp³-hybridized carbons (Fsp3) is 0.550. The maximum Gasteiger partial charge on any atom is 0.391 e. The zero-order chi connectivity index (χ0) is 34.4. The molecule has 0 atom stereocenters. The molecule has 1 heterocycles. The Morgan fingerprint density at radius 1 is 0.489 bits per heavy atom. The summed E-state index contributed by atoms with van der Waals surface area (Å²) >= 11 is 1.89. The Hall–Kier alpha value is -1.84. The lowest BCUT2D eigenvalue weighted by Gasteiger charge is -2.43. The van der Waals surface area contributed by atoms with Crippen molar-refractivity contribution in [2.24, 2.45) is 0 Å². The van der Waals surface area contributed by atoms with E-state index in [1.165, 1.54) is 59.9 Å². The molecule has 5 heteroatoms. The maximum absolute atomic E-state index is 10.6. The van der Waals surface area contributed by atoms with Crippen LogP contribution in [-0.2, 0) is 27.1 Å². The highest BCUT2D eigenvalue weighted by Crippen LogP contribution is 2.62. The van der Waals surface area contributed by atoms with E-state index < -0.39 is 8.60 Å². The van der Waals surface area contributed by atoms with Gasteiger partial charge in [-0.2, -0.15) is 0 Å². The Morgan fingerprint density at radius 2 is 0.822 bits per heavy atom. The van der Waals surface area contributed by atoms with Crippen molar-refractivity contribution in [1.29, 1.82) is 0 Å². The smallest absolute Gasteiger partial charge is 0.391 e. The summed E-state index contributed by atoms with van der Waals surface area (Å²) in [5.41, 5.74) is 12.0. The van der Waals surface area contributed by atoms with Gasteiger partial charge in [0.25, 0.3) is 0 Å². The Labute approximate surface area is 279 Å². The summed E-state index contributed by atoms with van der Waals surface area (Å²) in [4.78, 5) is 23.7. The fourth-order valence-corrected chi connectivity index (χ4v) is 8.77. The number of benzene rings is 3. The van der Waals surface area contributed by atoms with Crippen molar-refractivity contribution in [3.63, 3.8) is 0 Å². The zero-order valence-electron chi connectivity index (χ0n) is 31.0. The Bertz CT molecular complexity index is 1540. The Balaban J connectivity index is 2.62. The van der Waals surface area contributed by atoms with Gasteiger partial charge < -0.3 is 14.3 Å². The van der Waals surface area contributed by atoms with Crippen LogP contribution in [0.1, 0.15) is 143 Å². The minimum atomic E-state index is -2.67. The lowest BCUT2D eigenvalue weighted by atomic mass is 9.64. The van der Waals surface area contributed by atoms with Gasteiger partial charge in [0.05, 0.1) is 0 Å². The normalized spacial score (nSPS) is 14.2. The monoisotopic (exact) mass is 648 g/mol. The molecule has 0 aromatic heterocycles. The predicted molar refractivity (Wildman–Crippen MR) is 196 cm³/mol. The van der Waals surface area contributed by atoms with E-state index in [4.69, 9.17) is 4.52 Å². The van der Waals surface area contributed by atoms with E-state index >= 15 is 0 Å². The van der Waals surface area contributed by atoms with Gasteiger partial charge in [0.2, 0.25) is 0 Å². The van der Waals surface area contributed by atoms with Crippen LogP contribution in [0.25, 0.3) is 22.3 Å². The van der Waals surface area contributed by atoms with Gasteiger partial charge in [-0.25, -0.2) is 0 Å². The van der Waals surface area contributed by atoms with Crippen molar-refractivity contribution < 1.29 is 14.3 Å². The van der Waals surface area contributed by atoms with Crippen LogP contribution in [0, 0.1) is 13.8 Å². The summed E-state index contributed by atoms with van der Waals surface area (Å²) in [6.07, 6.45) is 0. The zero-order valence-corrected chi connectivity index (χ0v) is 32.7. The van der Waals surface area contributed by atoms with E-state index in [1.807, 2.05) is 11.8 Å². The Morgan fingerprint density at radius 3 is 1.09 bits per heavy atom. The van der Waals surface area contributed by atoms with Gasteiger partial charge >= 0.3 is 8.60 Å². The van der Waals surface area contributed by atoms with E-state index in [1.54, 1.807) is 0 Å². The molecule has 0 radical (unpaired) electrons. The standard InChI is InChI=1S/C40H57O3PS/c1-22-18-24(36(3,4)5)28-26(20-22)45-27-21-23(2)19-25(37(6,7)8)29(27)31-32(38(9,10)11)30(28)33(39(12,13)14)35(43-44(41)42)34(31)40(15,16)17/h18-21,41-42H,1-17H3. The third-order valence-corrected chi connectivity index (χ3v) is 10.1. The molecule has 4 rings (SSSR count). The van der Waals surface area contributed by atoms with Gasteiger partial charge in [-0.1, -0.05) is 128 Å². The number of fused-ring (bicyclic) bond motifs is 6. The van der Waals surface area contributed by atoms with Gasteiger partial charge in [0.15, 0.2) is 0 Å². The average molecular weight is 649 g/mol. The van der Waals surface area contributed by atoms with Crippen LogP contribution in [-0.4, -0.2) is 9.79 Å². The number of rotatable bonds is 2. The van der Waals surface area contributed by atoms with Crippen molar-refractivity contribution >= 4 is 20.4 Å². The van der Waals surface area contributed by atoms with Crippen molar-refractivity contribution in [2.75, 3.05) is 0 Å². The van der Waals surface area contributed by atoms with Gasteiger partial charge in [-0.3, -0.25) is 0 Å². The molecule has 246 valence electrons. The van der Waals surface area contributed by atoms with Gasteiger partial charge in [0.1, 0.15) is 5.75 Å². The molecule has 3 nitrogen and oxygen atoms in total. The average Bonchev–Trinajstić information content (AvgIpc) is 2.78. The first kappa shape index (κ1) is 36.0. The predicted octanol–water partition coefficient (Wildman–Crippen LogP) is 12.2. The third kappa shape index (κ3) is 6.78. The van der Waals surface area contributed by atoms with E-state index in [-0.39, 0.29) is 27.1 Å². The molecule has 0 unspecified atom stereocenters. The highest BCUT2D eigenvalue weighted by Gasteiger charge is 2.43. The molecule has 1 aliphatic rings. The molecule has 0 aliphatic carbocycles. The van der Waals surface area contributed by atoms with Gasteiger partial charge in [-0.05, 0) is 92.0 Å². The lowest BCUT2D eigenvalue weighted by molar-refractivity contribution is 0.364. The van der Waals surface area contributed by atoms with Crippen molar-refractivity contribution in [3.05, 3.63) is 63.2 Å². The SMILES string of the molecule is Cc1cc2c(c(C(C)(C)C)c1)-c1c(C(C)(C)C)c(OP(O)O)c(C(C)(C)C)c(c1C(C)(C)C)-c1c(cc(C)cc1C(C)(C)C)S2. The van der Waals surface area contributed by atoms with Crippen molar-refractivity contribution in [1.82, 2.24) is 0 Å². The topological polar surface area (TPSA) is 49.7 Å². The molecule has 0 spiro atoms. The van der Waals surface area contributed by atoms with Crippen LogP contribution in [0.2, 0.25) is 0 Å². The first-order valence-corrected chi connectivity index (χ1v) is 18.2. The minimum Gasteiger partial charge on any atom is -0.426 e. The lowest BCUT2D eigenvalue weighted by Crippen LogP contribution is -2.29. The summed E-state index contributed by atoms with van der Waals surface area (Å²) in [5.74, 6) is 0.619. The Kier molecular flexibility index (Phi) is 9.12. The van der Waals surface area contributed by atoms with Crippen LogP contribution in [0.3, 0.4) is 0 Å². The number of hydrogen-bond acceptors (Lipinski definition) is 4. The van der Waals surface area contributed by atoms with E-state index in [9.17, 15) is 9.79 Å². The van der Waals surface area contributed by atoms with Crippen LogP contribution in [0.5, 0.6) is 5.75 Å². The highest BCUT2D eigenvalue weighted by molar-refractivity contribution is 7.99. The molecule has 0 saturated heterocycles. The van der Waals surface area contributed by atoms with E-state index in [0.717, 1.165) is 11.1 Å². The maximum atomic E-state index is 10.6. The number of hydrogen-bond donors (Lipinski definition) is 2. The first-order valence-electron chi connectivity index (χ1n) is 16.3. The molecule has 45 heavy (non-hydrogen) atoms. The third-order valence-electron chi connectivity index (χ3n) is 8.71. The molecule has 1 aliphatic heterocycles. The van der Waals surface area contributed by atoms with Crippen LogP contribution >= 0.6 is 20.4 Å². The van der Waals surface area contributed by atoms with Crippen molar-refractivity contribution in [3.8, 4) is 28.0 Å². The van der Waals surface area contributed by atoms with Crippen LogP contribution in [0.15, 0.2) is 34.1 Å². The second kappa shape index (κ2) is 11.4. The number of aryl methyl sites for hydroxylation is 2. The molecule has 3 aromatic rings. The van der Waals surface area contributed by atoms with E-state index in [0.29, 0.717) is 5.75 Å². The fourth-order valence-electron chi connectivity index (χ4n) is 7.07. The van der Waals surface area contributed by atoms with Crippen molar-refractivity contribution in [2.45, 2.75) is 155 Å². The first-order chi connectivity index (χ1) is 20.2. The second-order valence-corrected chi connectivity index (χ2v) is 20.0. The quantitative estimate of drug-likeness (QED) is 0.212. The summed E-state index contributed by atoms with van der Waals surface area (Å²) in [6.45, 7) is 38.6. The second-order valence-electron chi connectivity index (χ2n) is 18.3. The van der Waals surface area contributed by atoms with Crippen LogP contribution in [0.4, 0.5) is 0 Å². The molecule has 0 amide bonds. The largest absolute Gasteiger partial charge is 0.426 e. The summed E-state index contributed by atoms with van der Waals surface area (Å²) < 4.78 is 6.35. The molecule has 2 bridgehead atoms. The molecular formula is C40H57O3PS. The summed E-state index contributed by atoms with van der Waals surface area (Å²) in [5, 5.41) is 0.